The molecule has 0 spiro atoms. The first kappa shape index (κ1) is 24.8. The van der Waals surface area contributed by atoms with Crippen LogP contribution in [0.1, 0.15) is 71.6 Å². The van der Waals surface area contributed by atoms with Crippen LogP contribution in [0.25, 0.3) is 22.5 Å². The molecule has 0 radical (unpaired) electrons. The fraction of sp³-hybridized carbons (Fsp3) is 0.367. The van der Waals surface area contributed by atoms with Crippen molar-refractivity contribution >= 4 is 11.7 Å². The fourth-order valence-corrected chi connectivity index (χ4v) is 5.60. The van der Waals surface area contributed by atoms with Crippen LogP contribution >= 0.6 is 0 Å². The van der Waals surface area contributed by atoms with E-state index < -0.39 is 5.91 Å². The van der Waals surface area contributed by atoms with E-state index in [-0.39, 0.29) is 28.9 Å². The highest BCUT2D eigenvalue weighted by molar-refractivity contribution is 6.04. The molecule has 10 heteroatoms. The van der Waals surface area contributed by atoms with Crippen molar-refractivity contribution in [2.45, 2.75) is 50.0 Å². The number of hydrogen-bond donors (Lipinski definition) is 2. The first-order chi connectivity index (χ1) is 19.4. The van der Waals surface area contributed by atoms with Crippen LogP contribution in [-0.4, -0.2) is 43.3 Å². The first-order valence-electron chi connectivity index (χ1n) is 13.9. The molecule has 3 aliphatic rings. The number of nitrogens with one attached hydrogen (secondary N) is 2. The standard InChI is InChI=1S/C30H30FN7O2/c1-37-16-33-36-28(37)24-13-21(31)4-7-23(24)19-11-26(17-2-3-17)34-27(12-19)35-29(39)25-10-20(18-8-9-32-14-18)15-38(30(25)40)22-5-6-22/h4,7,10-13,15-18,22,32H,2-3,5-6,8-9,14H2,1H3,(H,34,35,39). The van der Waals surface area contributed by atoms with Gasteiger partial charge in [-0.1, -0.05) is 6.07 Å². The Labute approximate surface area is 230 Å². The van der Waals surface area contributed by atoms with Gasteiger partial charge in [-0.25, -0.2) is 9.37 Å². The molecule has 1 amide bonds. The van der Waals surface area contributed by atoms with Gasteiger partial charge in [0.15, 0.2) is 5.82 Å². The summed E-state index contributed by atoms with van der Waals surface area (Å²) in [6.07, 6.45) is 8.44. The maximum atomic E-state index is 14.4. The molecule has 2 aliphatic carbocycles. The topological polar surface area (TPSA) is 107 Å². The molecule has 3 fully saturated rings. The number of pyridine rings is 2. The monoisotopic (exact) mass is 539 g/mol. The Morgan fingerprint density at radius 1 is 1.05 bits per heavy atom. The summed E-state index contributed by atoms with van der Waals surface area (Å²) in [6.45, 7) is 1.76. The van der Waals surface area contributed by atoms with Gasteiger partial charge < -0.3 is 19.8 Å². The van der Waals surface area contributed by atoms with E-state index in [0.29, 0.717) is 23.1 Å². The van der Waals surface area contributed by atoms with E-state index in [1.807, 2.05) is 19.3 Å². The second kappa shape index (κ2) is 9.78. The second-order valence-corrected chi connectivity index (χ2v) is 11.2. The van der Waals surface area contributed by atoms with Crippen molar-refractivity contribution in [1.82, 2.24) is 29.6 Å². The predicted molar refractivity (Wildman–Crippen MR) is 149 cm³/mol. The molecule has 1 atom stereocenters. The minimum absolute atomic E-state index is 0.137. The zero-order valence-corrected chi connectivity index (χ0v) is 22.2. The summed E-state index contributed by atoms with van der Waals surface area (Å²) < 4.78 is 17.8. The number of carbonyl (C=O) groups excluding carboxylic acids is 1. The Bertz CT molecular complexity index is 1680. The van der Waals surface area contributed by atoms with Crippen LogP contribution in [0, 0.1) is 5.82 Å². The highest BCUT2D eigenvalue weighted by Crippen LogP contribution is 2.42. The average Bonchev–Trinajstić information content (AvgIpc) is 3.87. The van der Waals surface area contributed by atoms with Crippen molar-refractivity contribution in [1.29, 1.82) is 0 Å². The molecule has 4 aromatic rings. The number of amides is 1. The molecule has 0 bridgehead atoms. The Hall–Kier alpha value is -4.18. The summed E-state index contributed by atoms with van der Waals surface area (Å²) in [6, 6.07) is 10.3. The van der Waals surface area contributed by atoms with E-state index in [9.17, 15) is 14.0 Å². The molecular weight excluding hydrogens is 509 g/mol. The molecule has 7 rings (SSSR count). The van der Waals surface area contributed by atoms with E-state index in [0.717, 1.165) is 67.6 Å². The summed E-state index contributed by atoms with van der Waals surface area (Å²) in [7, 11) is 1.81. The van der Waals surface area contributed by atoms with Crippen molar-refractivity contribution in [2.24, 2.45) is 7.05 Å². The van der Waals surface area contributed by atoms with Gasteiger partial charge in [0, 0.05) is 43.0 Å². The Morgan fingerprint density at radius 2 is 1.90 bits per heavy atom. The lowest BCUT2D eigenvalue weighted by atomic mass is 9.97. The van der Waals surface area contributed by atoms with E-state index >= 15 is 0 Å². The molecule has 1 aromatic carbocycles. The van der Waals surface area contributed by atoms with Crippen LogP contribution in [-0.2, 0) is 7.05 Å². The Balaban J connectivity index is 1.28. The van der Waals surface area contributed by atoms with Crippen molar-refractivity contribution in [3.63, 3.8) is 0 Å². The first-order valence-corrected chi connectivity index (χ1v) is 13.9. The number of halogens is 1. The van der Waals surface area contributed by atoms with Crippen molar-refractivity contribution in [2.75, 3.05) is 18.4 Å². The number of benzene rings is 1. The SMILES string of the molecule is Cn1cnnc1-c1cc(F)ccc1-c1cc(NC(=O)c2cc(C3CCNC3)cn(C3CC3)c2=O)nc(C2CC2)c1. The predicted octanol–water partition coefficient (Wildman–Crippen LogP) is 4.39. The smallest absolute Gasteiger partial charge is 0.263 e. The fourth-order valence-electron chi connectivity index (χ4n) is 5.60. The lowest BCUT2D eigenvalue weighted by molar-refractivity contribution is 0.102. The maximum absolute atomic E-state index is 14.4. The highest BCUT2D eigenvalue weighted by atomic mass is 19.1. The van der Waals surface area contributed by atoms with Crippen molar-refractivity contribution in [3.8, 4) is 22.5 Å². The number of rotatable bonds is 7. The van der Waals surface area contributed by atoms with Gasteiger partial charge >= 0.3 is 0 Å². The van der Waals surface area contributed by atoms with Crippen LogP contribution in [0.5, 0.6) is 0 Å². The summed E-state index contributed by atoms with van der Waals surface area (Å²) in [5.74, 6) is 0.631. The highest BCUT2D eigenvalue weighted by Gasteiger charge is 2.30. The third kappa shape index (κ3) is 4.72. The number of aromatic nitrogens is 5. The van der Waals surface area contributed by atoms with Crippen molar-refractivity contribution < 1.29 is 9.18 Å². The lowest BCUT2D eigenvalue weighted by Gasteiger charge is -2.16. The second-order valence-electron chi connectivity index (χ2n) is 11.2. The molecule has 9 nitrogen and oxygen atoms in total. The zero-order valence-electron chi connectivity index (χ0n) is 22.2. The molecule has 3 aromatic heterocycles. The molecule has 4 heterocycles. The van der Waals surface area contributed by atoms with E-state index in [1.54, 1.807) is 33.7 Å². The van der Waals surface area contributed by atoms with Gasteiger partial charge in [0.05, 0.1) is 0 Å². The van der Waals surface area contributed by atoms with E-state index in [4.69, 9.17) is 4.98 Å². The minimum atomic E-state index is -0.466. The third-order valence-electron chi connectivity index (χ3n) is 8.11. The van der Waals surface area contributed by atoms with Gasteiger partial charge in [-0.3, -0.25) is 9.59 Å². The average molecular weight is 540 g/mol. The molecule has 1 unspecified atom stereocenters. The molecule has 1 saturated heterocycles. The van der Waals surface area contributed by atoms with Crippen LogP contribution < -0.4 is 16.2 Å². The van der Waals surface area contributed by atoms with E-state index in [1.165, 1.54) is 12.1 Å². The van der Waals surface area contributed by atoms with Gasteiger partial charge in [-0.05, 0) is 91.6 Å². The van der Waals surface area contributed by atoms with Crippen LogP contribution in [0.3, 0.4) is 0 Å². The van der Waals surface area contributed by atoms with Crippen LogP contribution in [0.2, 0.25) is 0 Å². The molecule has 40 heavy (non-hydrogen) atoms. The van der Waals surface area contributed by atoms with E-state index in [2.05, 4.69) is 20.8 Å². The summed E-state index contributed by atoms with van der Waals surface area (Å²) >= 11 is 0. The number of anilines is 1. The number of hydrogen-bond acceptors (Lipinski definition) is 6. The van der Waals surface area contributed by atoms with Gasteiger partial charge in [0.1, 0.15) is 23.5 Å². The lowest BCUT2D eigenvalue weighted by Crippen LogP contribution is -2.30. The zero-order chi connectivity index (χ0) is 27.4. The van der Waals surface area contributed by atoms with Gasteiger partial charge in [-0.2, -0.15) is 0 Å². The molecule has 1 aliphatic heterocycles. The number of nitrogens with zero attached hydrogens (tertiary/aromatic N) is 5. The third-order valence-corrected chi connectivity index (χ3v) is 8.11. The summed E-state index contributed by atoms with van der Waals surface area (Å²) in [4.78, 5) is 31.8. The van der Waals surface area contributed by atoms with Crippen molar-refractivity contribution in [3.05, 3.63) is 81.9 Å². The molecule has 2 saturated carbocycles. The number of carbonyl (C=O) groups is 1. The van der Waals surface area contributed by atoms with Gasteiger partial charge in [0.2, 0.25) is 0 Å². The van der Waals surface area contributed by atoms with Gasteiger partial charge in [0.25, 0.3) is 11.5 Å². The number of aryl methyl sites for hydroxylation is 1. The minimum Gasteiger partial charge on any atom is -0.317 e. The Kier molecular flexibility index (Phi) is 6.07. The maximum Gasteiger partial charge on any atom is 0.263 e. The largest absolute Gasteiger partial charge is 0.317 e. The molecular formula is C30H30FN7O2. The normalized spacial score (nSPS) is 18.7. The quantitative estimate of drug-likeness (QED) is 0.361. The molecule has 204 valence electrons. The Morgan fingerprint density at radius 3 is 2.60 bits per heavy atom. The van der Waals surface area contributed by atoms with Gasteiger partial charge in [-0.15, -0.1) is 10.2 Å². The van der Waals surface area contributed by atoms with Crippen LogP contribution in [0.4, 0.5) is 10.2 Å². The summed E-state index contributed by atoms with van der Waals surface area (Å²) in [5, 5.41) is 14.5. The summed E-state index contributed by atoms with van der Waals surface area (Å²) in [5.41, 5.74) is 3.88. The molecule has 2 N–H and O–H groups in total. The van der Waals surface area contributed by atoms with Crippen LogP contribution in [0.15, 0.2) is 53.7 Å².